The normalized spacial score (nSPS) is 18.0. The van der Waals surface area contributed by atoms with E-state index in [4.69, 9.17) is 18.0 Å². The van der Waals surface area contributed by atoms with Crippen LogP contribution in [0.3, 0.4) is 0 Å². The molecule has 0 spiro atoms. The molecule has 4 heteroatoms. The fourth-order valence-corrected chi connectivity index (χ4v) is 2.00. The van der Waals surface area contributed by atoms with Crippen molar-refractivity contribution in [3.05, 3.63) is 0 Å². The summed E-state index contributed by atoms with van der Waals surface area (Å²) in [6.45, 7) is 1.98. The first-order valence-corrected chi connectivity index (χ1v) is 5.95. The number of thiocarbonyl (C=S) groups is 1. The first-order valence-electron chi connectivity index (χ1n) is 5.54. The SMILES string of the molecule is CC(CC(N)=S)N(C)C(=O)CC1CCC1. The van der Waals surface area contributed by atoms with Gasteiger partial charge in [0.1, 0.15) is 0 Å². The molecule has 0 radical (unpaired) electrons. The van der Waals surface area contributed by atoms with E-state index in [1.54, 1.807) is 4.90 Å². The number of nitrogens with zero attached hydrogens (tertiary/aromatic N) is 1. The molecular formula is C11H20N2OS. The van der Waals surface area contributed by atoms with Crippen LogP contribution >= 0.6 is 12.2 Å². The second kappa shape index (κ2) is 5.45. The molecule has 1 saturated carbocycles. The van der Waals surface area contributed by atoms with E-state index in [0.29, 0.717) is 23.7 Å². The Hall–Kier alpha value is -0.640. The van der Waals surface area contributed by atoms with E-state index in [-0.39, 0.29) is 11.9 Å². The van der Waals surface area contributed by atoms with Crippen LogP contribution in [0.2, 0.25) is 0 Å². The fraction of sp³-hybridized carbons (Fsp3) is 0.818. The summed E-state index contributed by atoms with van der Waals surface area (Å²) in [5.74, 6) is 0.848. The third-order valence-corrected chi connectivity index (χ3v) is 3.41. The molecule has 1 rings (SSSR count). The lowest BCUT2D eigenvalue weighted by molar-refractivity contribution is -0.133. The van der Waals surface area contributed by atoms with Gasteiger partial charge in [-0.05, 0) is 25.7 Å². The van der Waals surface area contributed by atoms with E-state index in [9.17, 15) is 4.79 Å². The Bertz CT molecular complexity index is 251. The largest absolute Gasteiger partial charge is 0.393 e. The molecule has 0 heterocycles. The minimum Gasteiger partial charge on any atom is -0.393 e. The maximum atomic E-state index is 11.8. The molecule has 86 valence electrons. The van der Waals surface area contributed by atoms with Crippen molar-refractivity contribution in [1.29, 1.82) is 0 Å². The van der Waals surface area contributed by atoms with E-state index >= 15 is 0 Å². The van der Waals surface area contributed by atoms with Crippen molar-refractivity contribution < 1.29 is 4.79 Å². The monoisotopic (exact) mass is 228 g/mol. The number of carbonyl (C=O) groups is 1. The van der Waals surface area contributed by atoms with Crippen molar-refractivity contribution in [2.45, 2.75) is 45.1 Å². The van der Waals surface area contributed by atoms with Gasteiger partial charge in [0.25, 0.3) is 0 Å². The predicted octanol–water partition coefficient (Wildman–Crippen LogP) is 1.70. The van der Waals surface area contributed by atoms with E-state index in [0.717, 1.165) is 0 Å². The summed E-state index contributed by atoms with van der Waals surface area (Å²) in [6.07, 6.45) is 5.01. The molecule has 15 heavy (non-hydrogen) atoms. The molecule has 1 amide bonds. The number of carbonyl (C=O) groups excluding carboxylic acids is 1. The third-order valence-electron chi connectivity index (χ3n) is 3.24. The first kappa shape index (κ1) is 12.4. The van der Waals surface area contributed by atoms with Gasteiger partial charge in [-0.25, -0.2) is 0 Å². The smallest absolute Gasteiger partial charge is 0.222 e. The van der Waals surface area contributed by atoms with E-state index in [2.05, 4.69) is 0 Å². The van der Waals surface area contributed by atoms with Gasteiger partial charge in [0.2, 0.25) is 5.91 Å². The molecule has 3 nitrogen and oxygen atoms in total. The molecule has 1 atom stereocenters. The van der Waals surface area contributed by atoms with Gasteiger partial charge in [-0.15, -0.1) is 0 Å². The quantitative estimate of drug-likeness (QED) is 0.729. The van der Waals surface area contributed by atoms with Crippen LogP contribution in [0.4, 0.5) is 0 Å². The number of hydrogen-bond donors (Lipinski definition) is 1. The summed E-state index contributed by atoms with van der Waals surface area (Å²) in [6, 6.07) is 0.120. The second-order valence-electron chi connectivity index (χ2n) is 4.53. The van der Waals surface area contributed by atoms with Crippen LogP contribution in [0.1, 0.15) is 39.0 Å². The van der Waals surface area contributed by atoms with Crippen LogP contribution in [0, 0.1) is 5.92 Å². The zero-order chi connectivity index (χ0) is 11.4. The number of amides is 1. The average molecular weight is 228 g/mol. The molecule has 1 aliphatic rings. The number of hydrogen-bond acceptors (Lipinski definition) is 2. The lowest BCUT2D eigenvalue weighted by Gasteiger charge is -2.30. The lowest BCUT2D eigenvalue weighted by atomic mass is 9.82. The maximum absolute atomic E-state index is 11.8. The van der Waals surface area contributed by atoms with Gasteiger partial charge in [-0.3, -0.25) is 4.79 Å². The molecule has 0 aliphatic heterocycles. The summed E-state index contributed by atoms with van der Waals surface area (Å²) in [5, 5.41) is 0. The minimum absolute atomic E-state index is 0.120. The Morgan fingerprint density at radius 2 is 2.20 bits per heavy atom. The van der Waals surface area contributed by atoms with Crippen molar-refractivity contribution in [2.24, 2.45) is 11.7 Å². The Morgan fingerprint density at radius 1 is 1.60 bits per heavy atom. The molecule has 0 saturated heterocycles. The number of nitrogens with two attached hydrogens (primary N) is 1. The predicted molar refractivity (Wildman–Crippen MR) is 65.6 cm³/mol. The van der Waals surface area contributed by atoms with E-state index in [1.165, 1.54) is 19.3 Å². The maximum Gasteiger partial charge on any atom is 0.222 e. The zero-order valence-electron chi connectivity index (χ0n) is 9.53. The summed E-state index contributed by atoms with van der Waals surface area (Å²) in [5.41, 5.74) is 5.46. The topological polar surface area (TPSA) is 46.3 Å². The average Bonchev–Trinajstić information content (AvgIpc) is 2.08. The zero-order valence-corrected chi connectivity index (χ0v) is 10.3. The Morgan fingerprint density at radius 3 is 2.60 bits per heavy atom. The van der Waals surface area contributed by atoms with Crippen molar-refractivity contribution in [2.75, 3.05) is 7.05 Å². The van der Waals surface area contributed by atoms with Gasteiger partial charge < -0.3 is 10.6 Å². The highest BCUT2D eigenvalue weighted by atomic mass is 32.1. The third kappa shape index (κ3) is 3.78. The molecule has 1 aliphatic carbocycles. The van der Waals surface area contributed by atoms with Crippen LogP contribution in [0.25, 0.3) is 0 Å². The number of rotatable bonds is 5. The lowest BCUT2D eigenvalue weighted by Crippen LogP contribution is -2.38. The Kier molecular flexibility index (Phi) is 4.51. The van der Waals surface area contributed by atoms with Crippen molar-refractivity contribution >= 4 is 23.1 Å². The van der Waals surface area contributed by atoms with Crippen molar-refractivity contribution in [3.63, 3.8) is 0 Å². The molecule has 1 fully saturated rings. The van der Waals surface area contributed by atoms with Gasteiger partial charge in [0, 0.05) is 25.9 Å². The standard InChI is InChI=1S/C11H20N2OS/c1-8(6-10(12)15)13(2)11(14)7-9-4-3-5-9/h8-9H,3-7H2,1-2H3,(H2,12,15). The van der Waals surface area contributed by atoms with Crippen LogP contribution < -0.4 is 5.73 Å². The van der Waals surface area contributed by atoms with Gasteiger partial charge in [-0.1, -0.05) is 18.6 Å². The highest BCUT2D eigenvalue weighted by Gasteiger charge is 2.24. The van der Waals surface area contributed by atoms with Crippen LogP contribution in [0.5, 0.6) is 0 Å². The first-order chi connectivity index (χ1) is 7.00. The van der Waals surface area contributed by atoms with E-state index in [1.807, 2.05) is 14.0 Å². The van der Waals surface area contributed by atoms with Crippen LogP contribution in [-0.2, 0) is 4.79 Å². The molecule has 0 aromatic carbocycles. The summed E-state index contributed by atoms with van der Waals surface area (Å²) in [4.78, 5) is 14.1. The molecule has 1 unspecified atom stereocenters. The van der Waals surface area contributed by atoms with Gasteiger partial charge in [-0.2, -0.15) is 0 Å². The minimum atomic E-state index is 0.120. The molecule has 0 aromatic rings. The molecular weight excluding hydrogens is 208 g/mol. The van der Waals surface area contributed by atoms with Crippen LogP contribution in [0.15, 0.2) is 0 Å². The van der Waals surface area contributed by atoms with Crippen molar-refractivity contribution in [1.82, 2.24) is 4.90 Å². The van der Waals surface area contributed by atoms with Crippen LogP contribution in [-0.4, -0.2) is 28.9 Å². The molecule has 0 bridgehead atoms. The molecule has 0 aromatic heterocycles. The summed E-state index contributed by atoms with van der Waals surface area (Å²) >= 11 is 4.84. The van der Waals surface area contributed by atoms with Gasteiger partial charge in [0.15, 0.2) is 0 Å². The van der Waals surface area contributed by atoms with Crippen molar-refractivity contribution in [3.8, 4) is 0 Å². The van der Waals surface area contributed by atoms with Gasteiger partial charge >= 0.3 is 0 Å². The highest BCUT2D eigenvalue weighted by Crippen LogP contribution is 2.29. The Balaban J connectivity index is 2.33. The summed E-state index contributed by atoms with van der Waals surface area (Å²) < 4.78 is 0. The van der Waals surface area contributed by atoms with Gasteiger partial charge in [0.05, 0.1) is 4.99 Å². The van der Waals surface area contributed by atoms with E-state index < -0.39 is 0 Å². The highest BCUT2D eigenvalue weighted by molar-refractivity contribution is 7.80. The second-order valence-corrected chi connectivity index (χ2v) is 5.05. The fourth-order valence-electron chi connectivity index (χ4n) is 1.76. The summed E-state index contributed by atoms with van der Waals surface area (Å²) in [7, 11) is 1.84. The Labute approximate surface area is 97.0 Å². The molecule has 2 N–H and O–H groups in total.